The minimum Gasteiger partial charge on any atom is -0.486 e. The number of nitrogens with zero attached hydrogens (tertiary/aromatic N) is 1. The number of hydrogen-bond acceptors (Lipinski definition) is 5. The van der Waals surface area contributed by atoms with Gasteiger partial charge in [0.15, 0.2) is 11.5 Å². The van der Waals surface area contributed by atoms with Gasteiger partial charge in [-0.05, 0) is 26.0 Å². The molecular weight excluding hydrogens is 294 g/mol. The number of fused-ring (bicyclic) bond motifs is 1. The largest absolute Gasteiger partial charge is 0.486 e. The Labute approximate surface area is 124 Å². The second-order valence-electron chi connectivity index (χ2n) is 5.38. The zero-order valence-corrected chi connectivity index (χ0v) is 12.9. The van der Waals surface area contributed by atoms with E-state index in [1.165, 1.54) is 4.31 Å². The first-order valence-corrected chi connectivity index (χ1v) is 8.45. The first-order chi connectivity index (χ1) is 10.00. The predicted molar refractivity (Wildman–Crippen MR) is 76.2 cm³/mol. The summed E-state index contributed by atoms with van der Waals surface area (Å²) in [7, 11) is -3.58. The Morgan fingerprint density at radius 1 is 1.05 bits per heavy atom. The van der Waals surface area contributed by atoms with Crippen LogP contribution >= 0.6 is 0 Å². The van der Waals surface area contributed by atoms with E-state index < -0.39 is 10.0 Å². The second-order valence-corrected chi connectivity index (χ2v) is 7.22. The molecule has 2 aliphatic rings. The lowest BCUT2D eigenvalue weighted by Gasteiger charge is -2.37. The summed E-state index contributed by atoms with van der Waals surface area (Å²) in [4.78, 5) is 0.229. The fraction of sp³-hybridized carbons (Fsp3) is 0.571. The van der Waals surface area contributed by atoms with Crippen LogP contribution in [0.15, 0.2) is 23.1 Å². The number of benzene rings is 1. The highest BCUT2D eigenvalue weighted by Gasteiger charge is 2.36. The van der Waals surface area contributed by atoms with Crippen LogP contribution in [0.2, 0.25) is 0 Å². The molecule has 7 heteroatoms. The molecule has 2 unspecified atom stereocenters. The van der Waals surface area contributed by atoms with Gasteiger partial charge in [0.1, 0.15) is 13.2 Å². The molecule has 1 saturated heterocycles. The lowest BCUT2D eigenvalue weighted by Crippen LogP contribution is -2.52. The maximum absolute atomic E-state index is 12.9. The number of ether oxygens (including phenoxy) is 3. The van der Waals surface area contributed by atoms with Gasteiger partial charge in [-0.15, -0.1) is 0 Å². The van der Waals surface area contributed by atoms with Crippen LogP contribution in [0.5, 0.6) is 11.5 Å². The van der Waals surface area contributed by atoms with Crippen molar-refractivity contribution in [1.82, 2.24) is 4.31 Å². The molecule has 1 aromatic rings. The van der Waals surface area contributed by atoms with Crippen LogP contribution in [0.1, 0.15) is 13.8 Å². The van der Waals surface area contributed by atoms with Crippen LogP contribution in [-0.4, -0.2) is 51.2 Å². The lowest BCUT2D eigenvalue weighted by molar-refractivity contribution is 0.00635. The Hall–Kier alpha value is -1.31. The average Bonchev–Trinajstić information content (AvgIpc) is 2.46. The summed E-state index contributed by atoms with van der Waals surface area (Å²) in [5, 5.41) is 0. The minimum absolute atomic E-state index is 0.188. The normalized spacial score (nSPS) is 26.6. The van der Waals surface area contributed by atoms with Crippen molar-refractivity contribution in [2.24, 2.45) is 0 Å². The van der Waals surface area contributed by atoms with Crippen LogP contribution in [0, 0.1) is 0 Å². The first kappa shape index (κ1) is 14.6. The molecule has 0 aliphatic carbocycles. The molecule has 116 valence electrons. The molecule has 0 saturated carbocycles. The van der Waals surface area contributed by atoms with Crippen LogP contribution < -0.4 is 9.47 Å². The molecule has 2 heterocycles. The second kappa shape index (κ2) is 5.47. The van der Waals surface area contributed by atoms with Gasteiger partial charge in [-0.25, -0.2) is 8.42 Å². The third-order valence-corrected chi connectivity index (χ3v) is 5.80. The van der Waals surface area contributed by atoms with Gasteiger partial charge in [0.25, 0.3) is 0 Å². The van der Waals surface area contributed by atoms with E-state index in [0.29, 0.717) is 37.9 Å². The molecule has 2 aliphatic heterocycles. The minimum atomic E-state index is -3.58. The Kier molecular flexibility index (Phi) is 3.81. The van der Waals surface area contributed by atoms with Gasteiger partial charge in [-0.1, -0.05) is 0 Å². The molecule has 21 heavy (non-hydrogen) atoms. The summed E-state index contributed by atoms with van der Waals surface area (Å²) in [6, 6.07) is 4.38. The maximum atomic E-state index is 12.9. The molecule has 6 nitrogen and oxygen atoms in total. The molecule has 3 rings (SSSR count). The zero-order chi connectivity index (χ0) is 15.0. The quantitative estimate of drug-likeness (QED) is 0.822. The average molecular weight is 313 g/mol. The predicted octanol–water partition coefficient (Wildman–Crippen LogP) is 1.26. The summed E-state index contributed by atoms with van der Waals surface area (Å²) in [5.74, 6) is 1.07. The molecule has 0 radical (unpaired) electrons. The third kappa shape index (κ3) is 2.61. The van der Waals surface area contributed by atoms with Crippen LogP contribution in [0.3, 0.4) is 0 Å². The van der Waals surface area contributed by atoms with E-state index in [9.17, 15) is 8.42 Å². The van der Waals surface area contributed by atoms with E-state index in [1.807, 2.05) is 13.8 Å². The van der Waals surface area contributed by atoms with Gasteiger partial charge in [-0.3, -0.25) is 0 Å². The number of sulfonamides is 1. The van der Waals surface area contributed by atoms with Crippen LogP contribution in [0.4, 0.5) is 0 Å². The Morgan fingerprint density at radius 2 is 1.67 bits per heavy atom. The SMILES string of the molecule is CC1COCC(C)N1S(=O)(=O)c1ccc2c(c1)OCCO2. The first-order valence-electron chi connectivity index (χ1n) is 7.01. The van der Waals surface area contributed by atoms with E-state index >= 15 is 0 Å². The Balaban J connectivity index is 1.97. The van der Waals surface area contributed by atoms with E-state index in [-0.39, 0.29) is 17.0 Å². The van der Waals surface area contributed by atoms with Crippen molar-refractivity contribution in [1.29, 1.82) is 0 Å². The molecule has 0 spiro atoms. The number of morpholine rings is 1. The number of rotatable bonds is 2. The fourth-order valence-electron chi connectivity index (χ4n) is 2.77. The van der Waals surface area contributed by atoms with Gasteiger partial charge in [0.2, 0.25) is 10.0 Å². The Bertz CT molecular complexity index is 620. The lowest BCUT2D eigenvalue weighted by atomic mass is 10.2. The highest BCUT2D eigenvalue weighted by Crippen LogP contribution is 2.34. The van der Waals surface area contributed by atoms with Crippen molar-refractivity contribution in [3.05, 3.63) is 18.2 Å². The highest BCUT2D eigenvalue weighted by molar-refractivity contribution is 7.89. The summed E-state index contributed by atoms with van der Waals surface area (Å²) < 4.78 is 43.5. The van der Waals surface area contributed by atoms with Crippen molar-refractivity contribution in [2.45, 2.75) is 30.8 Å². The Morgan fingerprint density at radius 3 is 2.33 bits per heavy atom. The molecule has 1 fully saturated rings. The van der Waals surface area contributed by atoms with Crippen LogP contribution in [0.25, 0.3) is 0 Å². The van der Waals surface area contributed by atoms with E-state index in [1.54, 1.807) is 18.2 Å². The topological polar surface area (TPSA) is 65.1 Å². The molecule has 0 bridgehead atoms. The van der Waals surface area contributed by atoms with Crippen LogP contribution in [-0.2, 0) is 14.8 Å². The summed E-state index contributed by atoms with van der Waals surface area (Å²) in [5.41, 5.74) is 0. The van der Waals surface area contributed by atoms with E-state index in [0.717, 1.165) is 0 Å². The van der Waals surface area contributed by atoms with Crippen molar-refractivity contribution in [2.75, 3.05) is 26.4 Å². The smallest absolute Gasteiger partial charge is 0.243 e. The maximum Gasteiger partial charge on any atom is 0.243 e. The summed E-state index contributed by atoms with van der Waals surface area (Å²) in [6.07, 6.45) is 0. The molecule has 0 aromatic heterocycles. The monoisotopic (exact) mass is 313 g/mol. The van der Waals surface area contributed by atoms with Gasteiger partial charge in [0, 0.05) is 18.2 Å². The van der Waals surface area contributed by atoms with Crippen molar-refractivity contribution >= 4 is 10.0 Å². The standard InChI is InChI=1S/C14H19NO5S/c1-10-8-18-9-11(2)15(10)21(16,17)12-3-4-13-14(7-12)20-6-5-19-13/h3-4,7,10-11H,5-6,8-9H2,1-2H3. The number of hydrogen-bond donors (Lipinski definition) is 0. The molecular formula is C14H19NO5S. The summed E-state index contributed by atoms with van der Waals surface area (Å²) >= 11 is 0. The van der Waals surface area contributed by atoms with E-state index in [2.05, 4.69) is 0 Å². The summed E-state index contributed by atoms with van der Waals surface area (Å²) in [6.45, 7) is 5.44. The molecule has 1 aromatic carbocycles. The van der Waals surface area contributed by atoms with Gasteiger partial charge in [-0.2, -0.15) is 4.31 Å². The third-order valence-electron chi connectivity index (χ3n) is 3.68. The van der Waals surface area contributed by atoms with Gasteiger partial charge >= 0.3 is 0 Å². The highest BCUT2D eigenvalue weighted by atomic mass is 32.2. The van der Waals surface area contributed by atoms with Crippen molar-refractivity contribution in [3.8, 4) is 11.5 Å². The zero-order valence-electron chi connectivity index (χ0n) is 12.1. The fourth-order valence-corrected chi connectivity index (χ4v) is 4.58. The van der Waals surface area contributed by atoms with Crippen molar-refractivity contribution in [3.63, 3.8) is 0 Å². The molecule has 2 atom stereocenters. The molecule has 0 amide bonds. The van der Waals surface area contributed by atoms with Crippen molar-refractivity contribution < 1.29 is 22.6 Å². The van der Waals surface area contributed by atoms with Gasteiger partial charge in [0.05, 0.1) is 18.1 Å². The molecule has 0 N–H and O–H groups in total. The van der Waals surface area contributed by atoms with E-state index in [4.69, 9.17) is 14.2 Å². The van der Waals surface area contributed by atoms with Gasteiger partial charge < -0.3 is 14.2 Å².